The second kappa shape index (κ2) is 6.08. The van der Waals surface area contributed by atoms with Gasteiger partial charge in [-0.2, -0.15) is 0 Å². The molecule has 1 atom stereocenters. The second-order valence-electron chi connectivity index (χ2n) is 5.29. The van der Waals surface area contributed by atoms with E-state index in [0.29, 0.717) is 17.0 Å². The van der Waals surface area contributed by atoms with Gasteiger partial charge in [-0.05, 0) is 32.0 Å². The Balaban J connectivity index is 2.01. The number of benzene rings is 1. The van der Waals surface area contributed by atoms with Crippen molar-refractivity contribution in [1.29, 1.82) is 0 Å². The van der Waals surface area contributed by atoms with Gasteiger partial charge < -0.3 is 14.2 Å². The highest BCUT2D eigenvalue weighted by atomic mass is 32.2. The maximum atomic E-state index is 12.6. The molecule has 7 heteroatoms. The molecular formula is C16H16N2O4S. The molecule has 1 aromatic heterocycles. The van der Waals surface area contributed by atoms with E-state index in [-0.39, 0.29) is 17.7 Å². The minimum absolute atomic E-state index is 0.0291. The average molecular weight is 332 g/mol. The lowest BCUT2D eigenvalue weighted by molar-refractivity contribution is -0.118. The number of fused-ring (bicyclic) bond motifs is 1. The first kappa shape index (κ1) is 15.6. The second-order valence-corrected chi connectivity index (χ2v) is 6.68. The van der Waals surface area contributed by atoms with E-state index >= 15 is 0 Å². The number of methoxy groups -OCH3 is 1. The van der Waals surface area contributed by atoms with E-state index in [1.54, 1.807) is 23.1 Å². The molecule has 0 saturated heterocycles. The lowest BCUT2D eigenvalue weighted by atomic mass is 10.1. The first-order valence-electron chi connectivity index (χ1n) is 7.12. The molecule has 6 nitrogen and oxygen atoms in total. The summed E-state index contributed by atoms with van der Waals surface area (Å²) in [6.07, 6.45) is 0. The molecule has 1 aliphatic rings. The van der Waals surface area contributed by atoms with Crippen LogP contribution in [0.5, 0.6) is 0 Å². The number of thioether (sulfide) groups is 1. The van der Waals surface area contributed by atoms with Crippen LogP contribution in [0.15, 0.2) is 33.7 Å². The maximum Gasteiger partial charge on any atom is 0.337 e. The molecule has 23 heavy (non-hydrogen) atoms. The van der Waals surface area contributed by atoms with Crippen LogP contribution in [0.1, 0.15) is 28.7 Å². The number of anilines is 1. The SMILES string of the molecule is COC(=O)c1ccc2c(c1)N(Cc1cc(C)no1)C(=O)C(C)S2. The average Bonchev–Trinajstić information content (AvgIpc) is 2.96. The van der Waals surface area contributed by atoms with Crippen LogP contribution < -0.4 is 4.90 Å². The Kier molecular flexibility index (Phi) is 4.12. The number of carbonyl (C=O) groups is 2. The Hall–Kier alpha value is -2.28. The summed E-state index contributed by atoms with van der Waals surface area (Å²) in [6.45, 7) is 3.97. The number of ether oxygens (including phenoxy) is 1. The van der Waals surface area contributed by atoms with Crippen LogP contribution in [0.3, 0.4) is 0 Å². The zero-order valence-corrected chi connectivity index (χ0v) is 13.8. The quantitative estimate of drug-likeness (QED) is 0.805. The summed E-state index contributed by atoms with van der Waals surface area (Å²) in [4.78, 5) is 26.9. The molecule has 2 aromatic rings. The maximum absolute atomic E-state index is 12.6. The van der Waals surface area contributed by atoms with Crippen molar-refractivity contribution in [2.75, 3.05) is 12.0 Å². The summed E-state index contributed by atoms with van der Waals surface area (Å²) in [5.74, 6) is 0.141. The number of nitrogens with zero attached hydrogens (tertiary/aromatic N) is 2. The summed E-state index contributed by atoms with van der Waals surface area (Å²) in [6, 6.07) is 7.02. The van der Waals surface area contributed by atoms with Gasteiger partial charge in [-0.3, -0.25) is 4.79 Å². The van der Waals surface area contributed by atoms with Crippen molar-refractivity contribution in [2.45, 2.75) is 30.5 Å². The zero-order valence-electron chi connectivity index (χ0n) is 13.0. The Morgan fingerprint density at radius 3 is 2.87 bits per heavy atom. The van der Waals surface area contributed by atoms with Gasteiger partial charge >= 0.3 is 5.97 Å². The minimum atomic E-state index is -0.431. The molecule has 3 rings (SSSR count). The molecule has 1 aromatic carbocycles. The van der Waals surface area contributed by atoms with Crippen molar-refractivity contribution in [2.24, 2.45) is 0 Å². The van der Waals surface area contributed by atoms with Gasteiger partial charge in [0.15, 0.2) is 5.76 Å². The minimum Gasteiger partial charge on any atom is -0.465 e. The summed E-state index contributed by atoms with van der Waals surface area (Å²) in [7, 11) is 1.33. The monoisotopic (exact) mass is 332 g/mol. The van der Waals surface area contributed by atoms with Crippen molar-refractivity contribution in [3.05, 3.63) is 41.3 Å². The van der Waals surface area contributed by atoms with Crippen LogP contribution in [0.2, 0.25) is 0 Å². The normalized spacial score (nSPS) is 17.1. The van der Waals surface area contributed by atoms with E-state index in [4.69, 9.17) is 9.26 Å². The fourth-order valence-corrected chi connectivity index (χ4v) is 3.51. The topological polar surface area (TPSA) is 72.6 Å². The molecule has 0 spiro atoms. The van der Waals surface area contributed by atoms with Gasteiger partial charge in [-0.25, -0.2) is 4.79 Å². The molecule has 2 heterocycles. The Morgan fingerprint density at radius 2 is 2.22 bits per heavy atom. The molecule has 0 aliphatic carbocycles. The van der Waals surface area contributed by atoms with Crippen LogP contribution in [0.4, 0.5) is 5.69 Å². The highest BCUT2D eigenvalue weighted by Gasteiger charge is 2.32. The lowest BCUT2D eigenvalue weighted by Crippen LogP contribution is -2.39. The molecule has 1 amide bonds. The van der Waals surface area contributed by atoms with Crippen molar-refractivity contribution >= 4 is 29.3 Å². The van der Waals surface area contributed by atoms with Crippen LogP contribution in [-0.4, -0.2) is 29.4 Å². The van der Waals surface area contributed by atoms with E-state index in [9.17, 15) is 9.59 Å². The van der Waals surface area contributed by atoms with Crippen LogP contribution >= 0.6 is 11.8 Å². The third kappa shape index (κ3) is 2.96. The first-order chi connectivity index (χ1) is 11.0. The van der Waals surface area contributed by atoms with Crippen molar-refractivity contribution in [3.8, 4) is 0 Å². The standard InChI is InChI=1S/C16H16N2O4S/c1-9-6-12(22-17-9)8-18-13-7-11(16(20)21-3)4-5-14(13)23-10(2)15(18)19/h4-7,10H,8H2,1-3H3. The molecule has 0 bridgehead atoms. The van der Waals surface area contributed by atoms with Crippen LogP contribution in [0, 0.1) is 6.92 Å². The van der Waals surface area contributed by atoms with Crippen molar-refractivity contribution in [3.63, 3.8) is 0 Å². The van der Waals surface area contributed by atoms with E-state index < -0.39 is 5.97 Å². The van der Waals surface area contributed by atoms with Gasteiger partial charge in [0.2, 0.25) is 5.91 Å². The molecule has 120 valence electrons. The third-order valence-electron chi connectivity index (χ3n) is 3.58. The summed E-state index contributed by atoms with van der Waals surface area (Å²) in [5.41, 5.74) is 1.86. The number of carbonyl (C=O) groups excluding carboxylic acids is 2. The van der Waals surface area contributed by atoms with E-state index in [1.807, 2.05) is 19.9 Å². The Labute approximate surface area is 137 Å². The first-order valence-corrected chi connectivity index (χ1v) is 8.00. The fraction of sp³-hybridized carbons (Fsp3) is 0.312. The fourth-order valence-electron chi connectivity index (χ4n) is 2.46. The zero-order chi connectivity index (χ0) is 16.6. The molecule has 1 aliphatic heterocycles. The largest absolute Gasteiger partial charge is 0.465 e. The highest BCUT2D eigenvalue weighted by molar-refractivity contribution is 8.00. The van der Waals surface area contributed by atoms with Gasteiger partial charge in [0, 0.05) is 11.0 Å². The van der Waals surface area contributed by atoms with Gasteiger partial charge in [0.25, 0.3) is 0 Å². The molecule has 0 fully saturated rings. The van der Waals surface area contributed by atoms with Crippen molar-refractivity contribution in [1.82, 2.24) is 5.16 Å². The Morgan fingerprint density at radius 1 is 1.43 bits per heavy atom. The predicted octanol–water partition coefficient (Wildman–Crippen LogP) is 2.80. The molecule has 1 unspecified atom stereocenters. The molecular weight excluding hydrogens is 316 g/mol. The number of aromatic nitrogens is 1. The third-order valence-corrected chi connectivity index (χ3v) is 4.73. The summed E-state index contributed by atoms with van der Waals surface area (Å²) < 4.78 is 9.98. The lowest BCUT2D eigenvalue weighted by Gasteiger charge is -2.31. The predicted molar refractivity (Wildman–Crippen MR) is 85.5 cm³/mol. The van der Waals surface area contributed by atoms with Gasteiger partial charge in [0.05, 0.1) is 35.8 Å². The molecule has 0 saturated carbocycles. The van der Waals surface area contributed by atoms with Crippen molar-refractivity contribution < 1.29 is 18.8 Å². The van der Waals surface area contributed by atoms with Gasteiger partial charge in [-0.15, -0.1) is 11.8 Å². The number of hydrogen-bond acceptors (Lipinski definition) is 6. The van der Waals surface area contributed by atoms with E-state index in [1.165, 1.54) is 18.9 Å². The van der Waals surface area contributed by atoms with E-state index in [2.05, 4.69) is 5.16 Å². The Bertz CT molecular complexity index is 771. The molecule has 0 radical (unpaired) electrons. The smallest absolute Gasteiger partial charge is 0.337 e. The number of esters is 1. The number of hydrogen-bond donors (Lipinski definition) is 0. The highest BCUT2D eigenvalue weighted by Crippen LogP contribution is 2.40. The van der Waals surface area contributed by atoms with Crippen LogP contribution in [0.25, 0.3) is 0 Å². The van der Waals surface area contributed by atoms with Gasteiger partial charge in [0.1, 0.15) is 0 Å². The molecule has 0 N–H and O–H groups in total. The number of amides is 1. The number of rotatable bonds is 3. The van der Waals surface area contributed by atoms with E-state index in [0.717, 1.165) is 10.6 Å². The number of aryl methyl sites for hydroxylation is 1. The summed E-state index contributed by atoms with van der Waals surface area (Å²) >= 11 is 1.48. The van der Waals surface area contributed by atoms with Gasteiger partial charge in [-0.1, -0.05) is 5.16 Å². The van der Waals surface area contributed by atoms with Crippen LogP contribution in [-0.2, 0) is 16.1 Å². The summed E-state index contributed by atoms with van der Waals surface area (Å²) in [5, 5.41) is 3.65.